The van der Waals surface area contributed by atoms with E-state index in [9.17, 15) is 4.79 Å². The standard InChI is InChI=1S/C17H15N7O/c1-11(24-10-19-12-6-2-3-8-14(12)24)16(25)21-17-20-15(22-23-17)13-7-4-5-9-18-13/h2-11H,1H3,(H2,20,21,22,23,25)/t11-/m1/s1. The molecule has 0 radical (unpaired) electrons. The third kappa shape index (κ3) is 2.85. The van der Waals surface area contributed by atoms with Gasteiger partial charge >= 0.3 is 0 Å². The van der Waals surface area contributed by atoms with E-state index < -0.39 is 6.04 Å². The minimum absolute atomic E-state index is 0.210. The largest absolute Gasteiger partial charge is 0.318 e. The summed E-state index contributed by atoms with van der Waals surface area (Å²) in [5.74, 6) is 0.480. The number of nitrogens with zero attached hydrogens (tertiary/aromatic N) is 5. The van der Waals surface area contributed by atoms with Gasteiger partial charge in [-0.3, -0.25) is 20.2 Å². The Morgan fingerprint density at radius 2 is 2.00 bits per heavy atom. The molecule has 4 rings (SSSR count). The number of nitrogens with one attached hydrogen (secondary N) is 2. The number of pyridine rings is 1. The molecule has 25 heavy (non-hydrogen) atoms. The average molecular weight is 333 g/mol. The van der Waals surface area contributed by atoms with Crippen molar-refractivity contribution in [1.29, 1.82) is 0 Å². The summed E-state index contributed by atoms with van der Waals surface area (Å²) in [5, 5.41) is 9.51. The zero-order chi connectivity index (χ0) is 17.2. The van der Waals surface area contributed by atoms with Crippen LogP contribution in [-0.4, -0.2) is 35.6 Å². The van der Waals surface area contributed by atoms with Crippen LogP contribution in [0, 0.1) is 0 Å². The van der Waals surface area contributed by atoms with Crippen LogP contribution in [0.25, 0.3) is 22.6 Å². The van der Waals surface area contributed by atoms with Crippen LogP contribution in [0.4, 0.5) is 5.95 Å². The van der Waals surface area contributed by atoms with Crippen LogP contribution in [-0.2, 0) is 4.79 Å². The van der Waals surface area contributed by atoms with Gasteiger partial charge in [-0.1, -0.05) is 18.2 Å². The van der Waals surface area contributed by atoms with Gasteiger partial charge in [-0.05, 0) is 31.2 Å². The third-order valence-corrected chi connectivity index (χ3v) is 3.91. The van der Waals surface area contributed by atoms with Crippen LogP contribution in [0.1, 0.15) is 13.0 Å². The molecule has 3 aromatic heterocycles. The van der Waals surface area contributed by atoms with Crippen LogP contribution in [0.5, 0.6) is 0 Å². The Labute approximate surface area is 143 Å². The number of benzene rings is 1. The summed E-state index contributed by atoms with van der Waals surface area (Å²) in [6, 6.07) is 12.7. The summed E-state index contributed by atoms with van der Waals surface area (Å²) in [4.78, 5) is 25.3. The fraction of sp³-hybridized carbons (Fsp3) is 0.118. The molecule has 1 amide bonds. The number of imidazole rings is 1. The lowest BCUT2D eigenvalue weighted by Crippen LogP contribution is -2.23. The average Bonchev–Trinajstić information content (AvgIpc) is 3.29. The summed E-state index contributed by atoms with van der Waals surface area (Å²) in [6.45, 7) is 1.80. The molecule has 0 saturated heterocycles. The first kappa shape index (κ1) is 15.0. The first-order chi connectivity index (χ1) is 12.2. The third-order valence-electron chi connectivity index (χ3n) is 3.91. The monoisotopic (exact) mass is 333 g/mol. The van der Waals surface area contributed by atoms with Crippen molar-refractivity contribution in [3.8, 4) is 11.5 Å². The second-order valence-electron chi connectivity index (χ2n) is 5.53. The lowest BCUT2D eigenvalue weighted by molar-refractivity contribution is -0.118. The van der Waals surface area contributed by atoms with Gasteiger partial charge in [0.05, 0.1) is 17.4 Å². The molecule has 0 spiro atoms. The number of anilines is 1. The molecule has 8 heteroatoms. The maximum absolute atomic E-state index is 12.5. The summed E-state index contributed by atoms with van der Waals surface area (Å²) < 4.78 is 1.82. The van der Waals surface area contributed by atoms with E-state index in [1.165, 1.54) is 0 Å². The Balaban J connectivity index is 1.53. The number of carbonyl (C=O) groups excluding carboxylic acids is 1. The SMILES string of the molecule is C[C@H](C(=O)Nc1n[nH]c(-c2ccccn2)n1)n1cnc2ccccc21. The van der Waals surface area contributed by atoms with Crippen molar-refractivity contribution in [2.24, 2.45) is 0 Å². The van der Waals surface area contributed by atoms with E-state index in [2.05, 4.69) is 30.5 Å². The van der Waals surface area contributed by atoms with Crippen LogP contribution in [0.15, 0.2) is 55.0 Å². The Bertz CT molecular complexity index is 1020. The molecule has 2 N–H and O–H groups in total. The van der Waals surface area contributed by atoms with Gasteiger partial charge in [0.1, 0.15) is 11.7 Å². The Morgan fingerprint density at radius 3 is 2.84 bits per heavy atom. The Hall–Kier alpha value is -3.55. The molecule has 0 unspecified atom stereocenters. The highest BCUT2D eigenvalue weighted by atomic mass is 16.2. The molecule has 0 aliphatic rings. The molecule has 0 aliphatic carbocycles. The van der Waals surface area contributed by atoms with Crippen LogP contribution >= 0.6 is 0 Å². The minimum atomic E-state index is -0.454. The predicted octanol–water partition coefficient (Wildman–Crippen LogP) is 2.42. The van der Waals surface area contributed by atoms with Crippen molar-refractivity contribution >= 4 is 22.9 Å². The van der Waals surface area contributed by atoms with E-state index in [-0.39, 0.29) is 11.9 Å². The number of aromatic nitrogens is 6. The van der Waals surface area contributed by atoms with Gasteiger partial charge in [-0.15, -0.1) is 5.10 Å². The number of carbonyl (C=O) groups is 1. The molecule has 0 bridgehead atoms. The highest BCUT2D eigenvalue weighted by Gasteiger charge is 2.19. The van der Waals surface area contributed by atoms with Gasteiger partial charge < -0.3 is 4.57 Å². The summed E-state index contributed by atoms with van der Waals surface area (Å²) >= 11 is 0. The maximum atomic E-state index is 12.5. The summed E-state index contributed by atoms with van der Waals surface area (Å²) in [6.07, 6.45) is 3.33. The maximum Gasteiger partial charge on any atom is 0.249 e. The molecule has 0 saturated carbocycles. The second-order valence-corrected chi connectivity index (χ2v) is 5.53. The van der Waals surface area contributed by atoms with Crippen molar-refractivity contribution in [2.45, 2.75) is 13.0 Å². The van der Waals surface area contributed by atoms with Crippen molar-refractivity contribution in [3.63, 3.8) is 0 Å². The van der Waals surface area contributed by atoms with Crippen LogP contribution < -0.4 is 5.32 Å². The Kier molecular flexibility index (Phi) is 3.70. The zero-order valence-electron chi connectivity index (χ0n) is 13.4. The predicted molar refractivity (Wildman–Crippen MR) is 92.7 cm³/mol. The van der Waals surface area contributed by atoms with E-state index in [0.29, 0.717) is 11.5 Å². The van der Waals surface area contributed by atoms with Crippen LogP contribution in [0.2, 0.25) is 0 Å². The number of aromatic amines is 1. The van der Waals surface area contributed by atoms with E-state index in [1.54, 1.807) is 19.4 Å². The topological polar surface area (TPSA) is 101 Å². The highest BCUT2D eigenvalue weighted by molar-refractivity contribution is 5.93. The molecule has 1 atom stereocenters. The number of rotatable bonds is 4. The first-order valence-corrected chi connectivity index (χ1v) is 7.78. The quantitative estimate of drug-likeness (QED) is 0.597. The second kappa shape index (κ2) is 6.16. The number of fused-ring (bicyclic) bond motifs is 1. The molecular formula is C17H15N7O. The fourth-order valence-corrected chi connectivity index (χ4v) is 2.56. The lowest BCUT2D eigenvalue weighted by atomic mass is 10.2. The molecule has 4 aromatic rings. The Morgan fingerprint density at radius 1 is 1.16 bits per heavy atom. The number of para-hydroxylation sites is 2. The van der Waals surface area contributed by atoms with Crippen molar-refractivity contribution in [1.82, 2.24) is 29.7 Å². The van der Waals surface area contributed by atoms with Crippen molar-refractivity contribution in [2.75, 3.05) is 5.32 Å². The highest BCUT2D eigenvalue weighted by Crippen LogP contribution is 2.19. The normalized spacial score (nSPS) is 12.2. The van der Waals surface area contributed by atoms with E-state index in [0.717, 1.165) is 11.0 Å². The number of hydrogen-bond acceptors (Lipinski definition) is 5. The van der Waals surface area contributed by atoms with E-state index in [1.807, 2.05) is 47.0 Å². The molecule has 0 aliphatic heterocycles. The van der Waals surface area contributed by atoms with Gasteiger partial charge in [0.15, 0.2) is 5.82 Å². The number of amides is 1. The lowest BCUT2D eigenvalue weighted by Gasteiger charge is -2.12. The van der Waals surface area contributed by atoms with E-state index in [4.69, 9.17) is 0 Å². The molecule has 0 fully saturated rings. The molecule has 3 heterocycles. The van der Waals surface area contributed by atoms with Gasteiger partial charge in [0.25, 0.3) is 0 Å². The van der Waals surface area contributed by atoms with Crippen molar-refractivity contribution < 1.29 is 4.79 Å². The number of hydrogen-bond donors (Lipinski definition) is 2. The molecule has 124 valence electrons. The van der Waals surface area contributed by atoms with Crippen molar-refractivity contribution in [3.05, 3.63) is 55.0 Å². The molecule has 1 aromatic carbocycles. The van der Waals surface area contributed by atoms with Gasteiger partial charge in [-0.2, -0.15) is 4.98 Å². The summed E-state index contributed by atoms with van der Waals surface area (Å²) in [5.41, 5.74) is 2.40. The van der Waals surface area contributed by atoms with Gasteiger partial charge in [0.2, 0.25) is 11.9 Å². The van der Waals surface area contributed by atoms with Gasteiger partial charge in [0, 0.05) is 6.20 Å². The smallest absolute Gasteiger partial charge is 0.249 e. The first-order valence-electron chi connectivity index (χ1n) is 7.78. The summed E-state index contributed by atoms with van der Waals surface area (Å²) in [7, 11) is 0. The zero-order valence-corrected chi connectivity index (χ0v) is 13.4. The van der Waals surface area contributed by atoms with E-state index >= 15 is 0 Å². The fourth-order valence-electron chi connectivity index (χ4n) is 2.56. The molecular weight excluding hydrogens is 318 g/mol. The van der Waals surface area contributed by atoms with Gasteiger partial charge in [-0.25, -0.2) is 4.98 Å². The van der Waals surface area contributed by atoms with Crippen LogP contribution in [0.3, 0.4) is 0 Å². The molecule has 8 nitrogen and oxygen atoms in total. The number of H-pyrrole nitrogens is 1. The minimum Gasteiger partial charge on any atom is -0.318 e.